The maximum Gasteiger partial charge on any atom is 0.255 e. The summed E-state index contributed by atoms with van der Waals surface area (Å²) < 4.78 is 5.66. The van der Waals surface area contributed by atoms with E-state index in [0.717, 1.165) is 28.0 Å². The molecule has 0 fully saturated rings. The van der Waals surface area contributed by atoms with Gasteiger partial charge in [0, 0.05) is 21.8 Å². The molecule has 1 amide bonds. The fraction of sp³-hybridized carbons (Fsp3) is 0.167. The molecular formula is C24H22ClN3O2. The molecule has 4 aromatic rings. The molecule has 4 rings (SSSR count). The van der Waals surface area contributed by atoms with Gasteiger partial charge in [0.15, 0.2) is 0 Å². The number of fused-ring (bicyclic) bond motifs is 1. The zero-order chi connectivity index (χ0) is 21.3. The van der Waals surface area contributed by atoms with Crippen molar-refractivity contribution < 1.29 is 9.53 Å². The average molecular weight is 420 g/mol. The molecule has 0 radical (unpaired) electrons. The highest BCUT2D eigenvalue weighted by Crippen LogP contribution is 2.26. The SMILES string of the molecule is Cc1cc2[nH]c(-c3ccc(NC(=O)c4cccc(OC(C)C)c4)cc3)nc2cc1Cl. The molecule has 0 unspecified atom stereocenters. The van der Waals surface area contributed by atoms with Crippen molar-refractivity contribution in [3.8, 4) is 17.1 Å². The molecule has 3 aromatic carbocycles. The number of benzene rings is 3. The van der Waals surface area contributed by atoms with Gasteiger partial charge in [0.2, 0.25) is 0 Å². The van der Waals surface area contributed by atoms with Crippen molar-refractivity contribution in [2.45, 2.75) is 26.9 Å². The molecule has 0 aliphatic heterocycles. The lowest BCUT2D eigenvalue weighted by Gasteiger charge is -2.11. The second-order valence-electron chi connectivity index (χ2n) is 7.43. The monoisotopic (exact) mass is 419 g/mol. The lowest BCUT2D eigenvalue weighted by Crippen LogP contribution is -2.12. The lowest BCUT2D eigenvalue weighted by atomic mass is 10.1. The van der Waals surface area contributed by atoms with E-state index in [1.54, 1.807) is 12.1 Å². The highest BCUT2D eigenvalue weighted by Gasteiger charge is 2.10. The van der Waals surface area contributed by atoms with Crippen LogP contribution in [0.1, 0.15) is 29.8 Å². The van der Waals surface area contributed by atoms with E-state index >= 15 is 0 Å². The Morgan fingerprint density at radius 2 is 1.87 bits per heavy atom. The van der Waals surface area contributed by atoms with Crippen LogP contribution in [-0.4, -0.2) is 22.0 Å². The Morgan fingerprint density at radius 1 is 1.10 bits per heavy atom. The first-order valence-corrected chi connectivity index (χ1v) is 10.1. The third kappa shape index (κ3) is 4.31. The number of aromatic amines is 1. The van der Waals surface area contributed by atoms with Gasteiger partial charge in [-0.05, 0) is 80.9 Å². The molecule has 1 aromatic heterocycles. The first-order chi connectivity index (χ1) is 14.4. The number of hydrogen-bond donors (Lipinski definition) is 2. The van der Waals surface area contributed by atoms with Crippen LogP contribution in [0, 0.1) is 6.92 Å². The molecule has 0 saturated heterocycles. The molecule has 0 aliphatic carbocycles. The Labute approximate surface area is 180 Å². The number of anilines is 1. The minimum absolute atomic E-state index is 0.0500. The fourth-order valence-electron chi connectivity index (χ4n) is 3.17. The van der Waals surface area contributed by atoms with E-state index < -0.39 is 0 Å². The number of carbonyl (C=O) groups is 1. The maximum absolute atomic E-state index is 12.6. The molecule has 0 saturated carbocycles. The first kappa shape index (κ1) is 20.0. The van der Waals surface area contributed by atoms with Crippen molar-refractivity contribution in [1.82, 2.24) is 9.97 Å². The maximum atomic E-state index is 12.6. The summed E-state index contributed by atoms with van der Waals surface area (Å²) in [6, 6.07) is 18.5. The number of carbonyl (C=O) groups excluding carboxylic acids is 1. The summed E-state index contributed by atoms with van der Waals surface area (Å²) in [7, 11) is 0. The van der Waals surface area contributed by atoms with Crippen LogP contribution in [0.3, 0.4) is 0 Å². The predicted octanol–water partition coefficient (Wildman–Crippen LogP) is 6.23. The highest BCUT2D eigenvalue weighted by molar-refractivity contribution is 6.32. The summed E-state index contributed by atoms with van der Waals surface area (Å²) in [5.41, 5.74) is 4.93. The number of amides is 1. The van der Waals surface area contributed by atoms with Gasteiger partial charge in [0.25, 0.3) is 5.91 Å². The number of imidazole rings is 1. The number of hydrogen-bond acceptors (Lipinski definition) is 3. The Morgan fingerprint density at radius 3 is 2.60 bits per heavy atom. The van der Waals surface area contributed by atoms with Crippen molar-refractivity contribution in [2.24, 2.45) is 0 Å². The van der Waals surface area contributed by atoms with E-state index in [9.17, 15) is 4.79 Å². The van der Waals surface area contributed by atoms with Crippen molar-refractivity contribution in [2.75, 3.05) is 5.32 Å². The number of H-pyrrole nitrogens is 1. The number of nitrogens with zero attached hydrogens (tertiary/aromatic N) is 1. The summed E-state index contributed by atoms with van der Waals surface area (Å²) in [4.78, 5) is 20.5. The van der Waals surface area contributed by atoms with E-state index in [1.165, 1.54) is 0 Å². The average Bonchev–Trinajstić information content (AvgIpc) is 3.11. The molecule has 1 heterocycles. The second kappa shape index (κ2) is 8.20. The van der Waals surface area contributed by atoms with Gasteiger partial charge >= 0.3 is 0 Å². The molecule has 30 heavy (non-hydrogen) atoms. The summed E-state index contributed by atoms with van der Waals surface area (Å²) >= 11 is 6.20. The topological polar surface area (TPSA) is 67.0 Å². The summed E-state index contributed by atoms with van der Waals surface area (Å²) in [5.74, 6) is 1.24. The summed E-state index contributed by atoms with van der Waals surface area (Å²) in [5, 5.41) is 3.61. The Balaban J connectivity index is 1.51. The van der Waals surface area contributed by atoms with E-state index in [2.05, 4.69) is 15.3 Å². The molecule has 2 N–H and O–H groups in total. The van der Waals surface area contributed by atoms with Gasteiger partial charge in [0.1, 0.15) is 11.6 Å². The zero-order valence-corrected chi connectivity index (χ0v) is 17.7. The van der Waals surface area contributed by atoms with E-state index in [-0.39, 0.29) is 12.0 Å². The van der Waals surface area contributed by atoms with Crippen LogP contribution in [0.2, 0.25) is 5.02 Å². The fourth-order valence-corrected chi connectivity index (χ4v) is 3.33. The number of aromatic nitrogens is 2. The normalized spacial score (nSPS) is 11.1. The Bertz CT molecular complexity index is 1170. The van der Waals surface area contributed by atoms with Crippen molar-refractivity contribution in [3.05, 3.63) is 76.8 Å². The van der Waals surface area contributed by atoms with Gasteiger partial charge in [-0.1, -0.05) is 17.7 Å². The van der Waals surface area contributed by atoms with Crippen LogP contribution < -0.4 is 10.1 Å². The Hall–Kier alpha value is -3.31. The standard InChI is InChI=1S/C24H22ClN3O2/c1-14(2)30-19-6-4-5-17(12-19)24(29)26-18-9-7-16(8-10-18)23-27-21-11-15(3)20(25)13-22(21)28-23/h4-14H,1-3H3,(H,26,29)(H,27,28). The molecule has 0 atom stereocenters. The highest BCUT2D eigenvalue weighted by atomic mass is 35.5. The van der Waals surface area contributed by atoms with E-state index in [1.807, 2.05) is 69.3 Å². The van der Waals surface area contributed by atoms with Gasteiger partial charge in [-0.3, -0.25) is 4.79 Å². The van der Waals surface area contributed by atoms with Crippen LogP contribution in [0.5, 0.6) is 5.75 Å². The first-order valence-electron chi connectivity index (χ1n) is 9.73. The number of halogens is 1. The van der Waals surface area contributed by atoms with Crippen LogP contribution in [0.25, 0.3) is 22.4 Å². The van der Waals surface area contributed by atoms with Crippen molar-refractivity contribution >= 4 is 34.2 Å². The van der Waals surface area contributed by atoms with Crippen molar-refractivity contribution in [3.63, 3.8) is 0 Å². The minimum atomic E-state index is -0.189. The number of rotatable bonds is 5. The largest absolute Gasteiger partial charge is 0.491 e. The summed E-state index contributed by atoms with van der Waals surface area (Å²) in [6.45, 7) is 5.86. The van der Waals surface area contributed by atoms with Gasteiger partial charge in [-0.15, -0.1) is 0 Å². The zero-order valence-electron chi connectivity index (χ0n) is 17.0. The van der Waals surface area contributed by atoms with E-state index in [4.69, 9.17) is 16.3 Å². The molecule has 0 spiro atoms. The van der Waals surface area contributed by atoms with Gasteiger partial charge < -0.3 is 15.0 Å². The van der Waals surface area contributed by atoms with Crippen molar-refractivity contribution in [1.29, 1.82) is 0 Å². The Kier molecular flexibility index (Phi) is 5.46. The smallest absolute Gasteiger partial charge is 0.255 e. The molecule has 152 valence electrons. The predicted molar refractivity (Wildman–Crippen MR) is 121 cm³/mol. The number of aryl methyl sites for hydroxylation is 1. The molecule has 6 heteroatoms. The third-order valence-electron chi connectivity index (χ3n) is 4.65. The van der Waals surface area contributed by atoms with Crippen LogP contribution in [0.4, 0.5) is 5.69 Å². The lowest BCUT2D eigenvalue weighted by molar-refractivity contribution is 0.102. The van der Waals surface area contributed by atoms with Gasteiger partial charge in [0.05, 0.1) is 17.1 Å². The van der Waals surface area contributed by atoms with Crippen LogP contribution >= 0.6 is 11.6 Å². The quantitative estimate of drug-likeness (QED) is 0.403. The van der Waals surface area contributed by atoms with E-state index in [0.29, 0.717) is 22.0 Å². The second-order valence-corrected chi connectivity index (χ2v) is 7.84. The van der Waals surface area contributed by atoms with Gasteiger partial charge in [-0.25, -0.2) is 4.98 Å². The molecule has 5 nitrogen and oxygen atoms in total. The summed E-state index contributed by atoms with van der Waals surface area (Å²) in [6.07, 6.45) is 0.0500. The number of nitrogens with one attached hydrogen (secondary N) is 2. The third-order valence-corrected chi connectivity index (χ3v) is 5.05. The van der Waals surface area contributed by atoms with Crippen LogP contribution in [-0.2, 0) is 0 Å². The molecule has 0 aliphatic rings. The van der Waals surface area contributed by atoms with Gasteiger partial charge in [-0.2, -0.15) is 0 Å². The molecular weight excluding hydrogens is 398 g/mol. The minimum Gasteiger partial charge on any atom is -0.491 e. The molecule has 0 bridgehead atoms. The van der Waals surface area contributed by atoms with Crippen LogP contribution in [0.15, 0.2) is 60.7 Å². The number of ether oxygens (including phenoxy) is 1.